The fraction of sp³-hybridized carbons (Fsp3) is 0. The third-order valence-electron chi connectivity index (χ3n) is 2.25. The van der Waals surface area contributed by atoms with Crippen molar-refractivity contribution < 1.29 is 4.39 Å². The summed E-state index contributed by atoms with van der Waals surface area (Å²) in [5.41, 5.74) is 1.52. The molecule has 0 saturated carbocycles. The first-order chi connectivity index (χ1) is 8.20. The van der Waals surface area contributed by atoms with E-state index in [1.54, 1.807) is 24.3 Å². The standard InChI is InChI=1S/C13H8ClFN2/c14-11-6-5-10(15)7-13(11)17-12-4-2-1-3-9(12)8-16/h1-7,17H. The average Bonchev–Trinajstić information content (AvgIpc) is 2.34. The van der Waals surface area contributed by atoms with E-state index in [0.717, 1.165) is 0 Å². The first-order valence-corrected chi connectivity index (χ1v) is 5.29. The maximum absolute atomic E-state index is 13.1. The van der Waals surface area contributed by atoms with Crippen molar-refractivity contribution in [1.29, 1.82) is 5.26 Å². The van der Waals surface area contributed by atoms with Crippen LogP contribution in [0.25, 0.3) is 0 Å². The van der Waals surface area contributed by atoms with Crippen molar-refractivity contribution in [2.75, 3.05) is 5.32 Å². The zero-order chi connectivity index (χ0) is 12.3. The highest BCUT2D eigenvalue weighted by Crippen LogP contribution is 2.27. The highest BCUT2D eigenvalue weighted by Gasteiger charge is 2.05. The highest BCUT2D eigenvalue weighted by atomic mass is 35.5. The van der Waals surface area contributed by atoms with Crippen molar-refractivity contribution in [2.45, 2.75) is 0 Å². The molecule has 2 aromatic carbocycles. The molecule has 0 aliphatic carbocycles. The van der Waals surface area contributed by atoms with Gasteiger partial charge in [0.25, 0.3) is 0 Å². The van der Waals surface area contributed by atoms with E-state index in [2.05, 4.69) is 11.4 Å². The quantitative estimate of drug-likeness (QED) is 0.866. The molecule has 0 radical (unpaired) electrons. The lowest BCUT2D eigenvalue weighted by atomic mass is 10.2. The molecule has 0 aliphatic heterocycles. The maximum atomic E-state index is 13.1. The Morgan fingerprint density at radius 2 is 1.88 bits per heavy atom. The first-order valence-electron chi connectivity index (χ1n) is 4.92. The van der Waals surface area contributed by atoms with Crippen molar-refractivity contribution in [3.63, 3.8) is 0 Å². The summed E-state index contributed by atoms with van der Waals surface area (Å²) in [5.74, 6) is -0.383. The number of nitriles is 1. The van der Waals surface area contributed by atoms with E-state index in [1.807, 2.05) is 0 Å². The Hall–Kier alpha value is -2.05. The lowest BCUT2D eigenvalue weighted by Crippen LogP contribution is -1.94. The van der Waals surface area contributed by atoms with Crippen LogP contribution in [0.4, 0.5) is 15.8 Å². The smallest absolute Gasteiger partial charge is 0.125 e. The second-order valence-electron chi connectivity index (χ2n) is 3.41. The van der Waals surface area contributed by atoms with E-state index < -0.39 is 0 Å². The number of rotatable bonds is 2. The average molecular weight is 247 g/mol. The molecule has 0 bridgehead atoms. The predicted octanol–water partition coefficient (Wildman–Crippen LogP) is 4.09. The van der Waals surface area contributed by atoms with Gasteiger partial charge in [0.15, 0.2) is 0 Å². The fourth-order valence-electron chi connectivity index (χ4n) is 1.43. The van der Waals surface area contributed by atoms with Crippen molar-refractivity contribution in [1.82, 2.24) is 0 Å². The fourth-order valence-corrected chi connectivity index (χ4v) is 1.59. The Morgan fingerprint density at radius 1 is 1.12 bits per heavy atom. The molecule has 0 atom stereocenters. The molecule has 2 aromatic rings. The minimum absolute atomic E-state index is 0.383. The molecule has 0 heterocycles. The zero-order valence-corrected chi connectivity index (χ0v) is 9.50. The summed E-state index contributed by atoms with van der Waals surface area (Å²) >= 11 is 5.93. The molecule has 17 heavy (non-hydrogen) atoms. The van der Waals surface area contributed by atoms with Gasteiger partial charge in [0.2, 0.25) is 0 Å². The Bertz CT molecular complexity index is 590. The second-order valence-corrected chi connectivity index (χ2v) is 3.81. The number of hydrogen-bond donors (Lipinski definition) is 1. The van der Waals surface area contributed by atoms with Gasteiger partial charge in [0, 0.05) is 0 Å². The minimum Gasteiger partial charge on any atom is -0.353 e. The van der Waals surface area contributed by atoms with Crippen molar-refractivity contribution in [2.24, 2.45) is 0 Å². The Balaban J connectivity index is 2.38. The summed E-state index contributed by atoms with van der Waals surface area (Å²) < 4.78 is 13.1. The highest BCUT2D eigenvalue weighted by molar-refractivity contribution is 6.33. The SMILES string of the molecule is N#Cc1ccccc1Nc1cc(F)ccc1Cl. The van der Waals surface area contributed by atoms with Gasteiger partial charge in [-0.05, 0) is 30.3 Å². The molecule has 1 N–H and O–H groups in total. The topological polar surface area (TPSA) is 35.8 Å². The molecule has 4 heteroatoms. The number of para-hydroxylation sites is 1. The van der Waals surface area contributed by atoms with Gasteiger partial charge in [-0.15, -0.1) is 0 Å². The molecule has 0 spiro atoms. The van der Waals surface area contributed by atoms with E-state index in [-0.39, 0.29) is 5.82 Å². The number of nitrogens with one attached hydrogen (secondary N) is 1. The van der Waals surface area contributed by atoms with Gasteiger partial charge in [0.05, 0.1) is 22.0 Å². The lowest BCUT2D eigenvalue weighted by Gasteiger charge is -2.09. The lowest BCUT2D eigenvalue weighted by molar-refractivity contribution is 0.628. The van der Waals surface area contributed by atoms with Gasteiger partial charge in [-0.25, -0.2) is 4.39 Å². The minimum atomic E-state index is -0.383. The van der Waals surface area contributed by atoms with Gasteiger partial charge in [-0.2, -0.15) is 5.26 Å². The summed E-state index contributed by atoms with van der Waals surface area (Å²) in [5, 5.41) is 12.3. The molecule has 2 rings (SSSR count). The van der Waals surface area contributed by atoms with Crippen LogP contribution in [0.2, 0.25) is 5.02 Å². The predicted molar refractivity (Wildman–Crippen MR) is 65.8 cm³/mol. The van der Waals surface area contributed by atoms with Crippen molar-refractivity contribution in [3.05, 3.63) is 58.9 Å². The monoisotopic (exact) mass is 246 g/mol. The maximum Gasteiger partial charge on any atom is 0.125 e. The van der Waals surface area contributed by atoms with E-state index in [9.17, 15) is 4.39 Å². The Morgan fingerprint density at radius 3 is 2.65 bits per heavy atom. The first kappa shape index (κ1) is 11.4. The van der Waals surface area contributed by atoms with Crippen molar-refractivity contribution in [3.8, 4) is 6.07 Å². The van der Waals surface area contributed by atoms with Crippen molar-refractivity contribution >= 4 is 23.0 Å². The number of nitrogens with zero attached hydrogens (tertiary/aromatic N) is 1. The number of halogens is 2. The van der Waals surface area contributed by atoms with Crippen LogP contribution < -0.4 is 5.32 Å². The second kappa shape index (κ2) is 4.86. The molecule has 0 unspecified atom stereocenters. The van der Waals surface area contributed by atoms with Gasteiger partial charge in [-0.3, -0.25) is 0 Å². The van der Waals surface area contributed by atoms with Crippen LogP contribution >= 0.6 is 11.6 Å². The van der Waals surface area contributed by atoms with Crippen LogP contribution in [0.1, 0.15) is 5.56 Å². The summed E-state index contributed by atoms with van der Waals surface area (Å²) in [6.45, 7) is 0. The molecular weight excluding hydrogens is 239 g/mol. The van der Waals surface area contributed by atoms with Crippen LogP contribution in [0.15, 0.2) is 42.5 Å². The van der Waals surface area contributed by atoms with E-state index in [0.29, 0.717) is 22.0 Å². The molecule has 0 aliphatic rings. The van der Waals surface area contributed by atoms with Crippen LogP contribution in [-0.2, 0) is 0 Å². The number of anilines is 2. The third-order valence-corrected chi connectivity index (χ3v) is 2.57. The van der Waals surface area contributed by atoms with Crippen LogP contribution in [0.3, 0.4) is 0 Å². The zero-order valence-electron chi connectivity index (χ0n) is 8.74. The Labute approximate surface area is 103 Å². The van der Waals surface area contributed by atoms with Crippen LogP contribution in [0.5, 0.6) is 0 Å². The van der Waals surface area contributed by atoms with Gasteiger partial charge in [-0.1, -0.05) is 23.7 Å². The summed E-state index contributed by atoms with van der Waals surface area (Å²) in [7, 11) is 0. The van der Waals surface area contributed by atoms with E-state index in [1.165, 1.54) is 18.2 Å². The third kappa shape index (κ3) is 2.55. The molecule has 0 amide bonds. The van der Waals surface area contributed by atoms with Crippen LogP contribution in [-0.4, -0.2) is 0 Å². The molecular formula is C13H8ClFN2. The molecule has 2 nitrogen and oxygen atoms in total. The Kier molecular flexibility index (Phi) is 3.27. The van der Waals surface area contributed by atoms with Gasteiger partial charge < -0.3 is 5.32 Å². The molecule has 0 aromatic heterocycles. The van der Waals surface area contributed by atoms with Crippen LogP contribution in [0, 0.1) is 17.1 Å². The number of benzene rings is 2. The largest absolute Gasteiger partial charge is 0.353 e. The van der Waals surface area contributed by atoms with Gasteiger partial charge >= 0.3 is 0 Å². The summed E-state index contributed by atoms with van der Waals surface area (Å²) in [6, 6.07) is 13.0. The summed E-state index contributed by atoms with van der Waals surface area (Å²) in [4.78, 5) is 0. The van der Waals surface area contributed by atoms with E-state index >= 15 is 0 Å². The summed E-state index contributed by atoms with van der Waals surface area (Å²) in [6.07, 6.45) is 0. The molecule has 84 valence electrons. The van der Waals surface area contributed by atoms with E-state index in [4.69, 9.17) is 16.9 Å². The molecule has 0 fully saturated rings. The normalized spacial score (nSPS) is 9.71. The number of hydrogen-bond acceptors (Lipinski definition) is 2. The van der Waals surface area contributed by atoms with Gasteiger partial charge in [0.1, 0.15) is 11.9 Å². The molecule has 0 saturated heterocycles.